The maximum atomic E-state index is 15.4. The lowest BCUT2D eigenvalue weighted by molar-refractivity contribution is 0.00479. The highest BCUT2D eigenvalue weighted by Gasteiger charge is 2.48. The van der Waals surface area contributed by atoms with Gasteiger partial charge in [-0.25, -0.2) is 14.4 Å². The highest BCUT2D eigenvalue weighted by molar-refractivity contribution is 6.76. The van der Waals surface area contributed by atoms with Crippen LogP contribution in [-0.4, -0.2) is 72.0 Å². The molecule has 0 aliphatic carbocycles. The molecule has 0 spiro atoms. The van der Waals surface area contributed by atoms with E-state index in [4.69, 9.17) is 23.4 Å². The Kier molecular flexibility index (Phi) is 6.28. The molecule has 0 bridgehead atoms. The Hall–Kier alpha value is -2.83. The van der Waals surface area contributed by atoms with E-state index in [-0.39, 0.29) is 37.6 Å². The predicted octanol–water partition coefficient (Wildman–Crippen LogP) is 4.20. The first-order chi connectivity index (χ1) is 17.8. The summed E-state index contributed by atoms with van der Waals surface area (Å²) in [5, 5.41) is 10.1. The molecule has 2 fully saturated rings. The van der Waals surface area contributed by atoms with Crippen LogP contribution in [-0.2, 0) is 20.9 Å². The number of rotatable bonds is 8. The van der Waals surface area contributed by atoms with Gasteiger partial charge in [-0.05, 0) is 18.2 Å². The van der Waals surface area contributed by atoms with E-state index in [9.17, 15) is 5.11 Å². The largest absolute Gasteiger partial charge is 0.470 e. The van der Waals surface area contributed by atoms with E-state index >= 15 is 4.39 Å². The molecule has 5 heterocycles. The fourth-order valence-corrected chi connectivity index (χ4v) is 5.47. The van der Waals surface area contributed by atoms with Gasteiger partial charge in [0.25, 0.3) is 0 Å². The van der Waals surface area contributed by atoms with Crippen LogP contribution >= 0.6 is 0 Å². The molecule has 4 aromatic rings. The molecule has 37 heavy (non-hydrogen) atoms. The van der Waals surface area contributed by atoms with Crippen LogP contribution in [0.2, 0.25) is 25.7 Å². The first-order valence-corrected chi connectivity index (χ1v) is 16.2. The zero-order valence-corrected chi connectivity index (χ0v) is 22.0. The second kappa shape index (κ2) is 9.48. The van der Waals surface area contributed by atoms with Gasteiger partial charge in [0.05, 0.1) is 24.2 Å². The molecule has 4 atom stereocenters. The third kappa shape index (κ3) is 4.77. The number of para-hydroxylation sites is 2. The smallest absolute Gasteiger partial charge is 0.249 e. The predicted molar refractivity (Wildman–Crippen MR) is 137 cm³/mol. The summed E-state index contributed by atoms with van der Waals surface area (Å²) in [6, 6.07) is 11.4. The minimum absolute atomic E-state index is 0.0264. The molecule has 9 nitrogen and oxygen atoms in total. The maximum Gasteiger partial charge on any atom is 0.249 e. The van der Waals surface area contributed by atoms with Crippen LogP contribution in [0.1, 0.15) is 0 Å². The number of oxazole rings is 1. The van der Waals surface area contributed by atoms with Crippen LogP contribution in [0.3, 0.4) is 0 Å². The average Bonchev–Trinajstić information content (AvgIpc) is 3.61. The van der Waals surface area contributed by atoms with Crippen molar-refractivity contribution >= 4 is 30.2 Å². The lowest BCUT2D eigenvalue weighted by Crippen LogP contribution is -2.35. The van der Waals surface area contributed by atoms with E-state index in [0.29, 0.717) is 34.6 Å². The van der Waals surface area contributed by atoms with Crippen molar-refractivity contribution in [3.63, 3.8) is 0 Å². The Balaban J connectivity index is 1.34. The number of hydrogen-bond donors (Lipinski definition) is 1. The average molecular weight is 528 g/mol. The molecule has 0 radical (unpaired) electrons. The number of ether oxygens (including phenoxy) is 4. The van der Waals surface area contributed by atoms with E-state index in [2.05, 4.69) is 29.6 Å². The lowest BCUT2D eigenvalue weighted by atomic mass is 10.1. The number of nitrogens with zero attached hydrogens (tertiary/aromatic N) is 3. The van der Waals surface area contributed by atoms with E-state index < -0.39 is 32.2 Å². The Morgan fingerprint density at radius 3 is 2.70 bits per heavy atom. The third-order valence-electron chi connectivity index (χ3n) is 6.77. The van der Waals surface area contributed by atoms with Gasteiger partial charge in [-0.15, -0.1) is 0 Å². The SMILES string of the molecule is C[Si](C)(C)CCOCn1c(O[C@@H]2CO[C@H]3[C@@H]2OC[C@H]3O)cc2nc(-c3nc4ccccc4o3)c(F)cc21. The van der Waals surface area contributed by atoms with Crippen molar-refractivity contribution in [1.29, 1.82) is 0 Å². The van der Waals surface area contributed by atoms with E-state index in [1.165, 1.54) is 6.07 Å². The first-order valence-electron chi connectivity index (χ1n) is 12.5. The van der Waals surface area contributed by atoms with Gasteiger partial charge in [0.1, 0.15) is 30.6 Å². The summed E-state index contributed by atoms with van der Waals surface area (Å²) in [7, 11) is -1.28. The van der Waals surface area contributed by atoms with Gasteiger partial charge in [0, 0.05) is 26.8 Å². The molecule has 11 heteroatoms. The minimum Gasteiger partial charge on any atom is -0.470 e. The molecule has 2 saturated heterocycles. The molecule has 3 aromatic heterocycles. The van der Waals surface area contributed by atoms with Gasteiger partial charge in [-0.2, -0.15) is 0 Å². The van der Waals surface area contributed by atoms with Crippen molar-refractivity contribution in [2.45, 2.75) is 56.8 Å². The topological polar surface area (TPSA) is 101 Å². The summed E-state index contributed by atoms with van der Waals surface area (Å²) >= 11 is 0. The van der Waals surface area contributed by atoms with Crippen LogP contribution in [0.4, 0.5) is 4.39 Å². The summed E-state index contributed by atoms with van der Waals surface area (Å²) in [6.45, 7) is 8.12. The fourth-order valence-electron chi connectivity index (χ4n) is 4.72. The summed E-state index contributed by atoms with van der Waals surface area (Å²) in [6.07, 6.45) is -1.90. The number of fused-ring (bicyclic) bond motifs is 3. The number of benzene rings is 1. The van der Waals surface area contributed by atoms with Crippen LogP contribution in [0.5, 0.6) is 5.88 Å². The maximum absolute atomic E-state index is 15.4. The number of halogens is 1. The van der Waals surface area contributed by atoms with Gasteiger partial charge in [0.15, 0.2) is 29.1 Å². The Labute approximate surface area is 214 Å². The van der Waals surface area contributed by atoms with Crippen molar-refractivity contribution in [1.82, 2.24) is 14.5 Å². The summed E-state index contributed by atoms with van der Waals surface area (Å²) in [4.78, 5) is 8.96. The van der Waals surface area contributed by atoms with Gasteiger partial charge < -0.3 is 28.5 Å². The third-order valence-corrected chi connectivity index (χ3v) is 8.47. The van der Waals surface area contributed by atoms with Crippen LogP contribution in [0.25, 0.3) is 33.7 Å². The zero-order chi connectivity index (χ0) is 25.7. The molecule has 1 N–H and O–H groups in total. The van der Waals surface area contributed by atoms with E-state index in [1.54, 1.807) is 22.8 Å². The first kappa shape index (κ1) is 24.5. The fraction of sp³-hybridized carbons (Fsp3) is 0.462. The Morgan fingerprint density at radius 1 is 1.08 bits per heavy atom. The molecule has 6 rings (SSSR count). The highest BCUT2D eigenvalue weighted by Crippen LogP contribution is 2.34. The van der Waals surface area contributed by atoms with Gasteiger partial charge >= 0.3 is 0 Å². The van der Waals surface area contributed by atoms with Crippen LogP contribution < -0.4 is 4.74 Å². The molecular weight excluding hydrogens is 497 g/mol. The minimum atomic E-state index is -1.28. The molecule has 0 saturated carbocycles. The molecule has 0 unspecified atom stereocenters. The van der Waals surface area contributed by atoms with Gasteiger partial charge in [-0.3, -0.25) is 4.57 Å². The quantitative estimate of drug-likeness (QED) is 0.269. The summed E-state index contributed by atoms with van der Waals surface area (Å²) < 4.78 is 46.7. The monoisotopic (exact) mass is 527 g/mol. The van der Waals surface area contributed by atoms with Gasteiger partial charge in [-0.1, -0.05) is 31.8 Å². The standard InChI is InChI=1S/C26H30FN3O6Si/c1-37(2,3)9-8-32-14-30-18-10-15(27)23(26-29-16-6-4-5-7-20(16)36-26)28-17(18)11-22(30)35-21-13-34-24-19(31)12-33-25(21)24/h4-7,10-11,19,21,24-25,31H,8-9,12-14H2,1-3H3/t19-,21-,24-,25-/m1/s1. The number of aliphatic hydroxyl groups excluding tert-OH is 1. The van der Waals surface area contributed by atoms with Crippen LogP contribution in [0, 0.1) is 5.82 Å². The van der Waals surface area contributed by atoms with Gasteiger partial charge in [0.2, 0.25) is 5.89 Å². The lowest BCUT2D eigenvalue weighted by Gasteiger charge is -2.20. The van der Waals surface area contributed by atoms with Crippen molar-refractivity contribution in [2.24, 2.45) is 0 Å². The van der Waals surface area contributed by atoms with E-state index in [0.717, 1.165) is 6.04 Å². The number of aliphatic hydroxyl groups is 1. The Morgan fingerprint density at radius 2 is 1.89 bits per heavy atom. The molecular formula is C26H30FN3O6Si. The van der Waals surface area contributed by atoms with Crippen molar-refractivity contribution in [2.75, 3.05) is 19.8 Å². The number of pyridine rings is 1. The zero-order valence-electron chi connectivity index (χ0n) is 21.0. The molecule has 0 amide bonds. The highest BCUT2D eigenvalue weighted by atomic mass is 28.3. The van der Waals surface area contributed by atoms with Crippen molar-refractivity contribution in [3.8, 4) is 17.5 Å². The van der Waals surface area contributed by atoms with Crippen molar-refractivity contribution < 1.29 is 32.9 Å². The molecule has 1 aromatic carbocycles. The van der Waals surface area contributed by atoms with Crippen molar-refractivity contribution in [3.05, 3.63) is 42.2 Å². The van der Waals surface area contributed by atoms with E-state index in [1.807, 2.05) is 12.1 Å². The number of aromatic nitrogens is 3. The second-order valence-electron chi connectivity index (χ2n) is 10.8. The molecule has 196 valence electrons. The molecule has 2 aliphatic heterocycles. The second-order valence-corrected chi connectivity index (χ2v) is 16.4. The normalized spacial score (nSPS) is 23.8. The Bertz CT molecular complexity index is 1400. The summed E-state index contributed by atoms with van der Waals surface area (Å²) in [5.74, 6) is 0.0185. The van der Waals surface area contributed by atoms with Crippen LogP contribution in [0.15, 0.2) is 40.8 Å². The molecule has 2 aliphatic rings. The summed E-state index contributed by atoms with van der Waals surface area (Å²) in [5.41, 5.74) is 2.27. The number of hydrogen-bond acceptors (Lipinski definition) is 8.